The van der Waals surface area contributed by atoms with Crippen LogP contribution in [0.25, 0.3) is 0 Å². The minimum absolute atomic E-state index is 0.652. The summed E-state index contributed by atoms with van der Waals surface area (Å²) in [6.07, 6.45) is 0. The molecule has 1 aromatic carbocycles. The lowest BCUT2D eigenvalue weighted by molar-refractivity contribution is 0.190. The van der Waals surface area contributed by atoms with Gasteiger partial charge in [0.15, 0.2) is 0 Å². The highest BCUT2D eigenvalue weighted by atomic mass is 32.1. The number of hydrogen-bond acceptors (Lipinski definition) is 5. The van der Waals surface area contributed by atoms with Gasteiger partial charge in [0.25, 0.3) is 0 Å². The maximum absolute atomic E-state index is 5.12. The number of benzene rings is 1. The third-order valence-corrected chi connectivity index (χ3v) is 2.61. The summed E-state index contributed by atoms with van der Waals surface area (Å²) in [4.78, 5) is 6.25. The average molecular weight is 266 g/mol. The summed E-state index contributed by atoms with van der Waals surface area (Å²) in [5.41, 5.74) is 1.84. The van der Waals surface area contributed by atoms with Gasteiger partial charge < -0.3 is 14.4 Å². The van der Waals surface area contributed by atoms with E-state index >= 15 is 0 Å². The monoisotopic (exact) mass is 266 g/mol. The number of anilines is 1. The maximum Gasteiger partial charge on any atom is 0.0972 e. The molecule has 0 aromatic heterocycles. The SMILES string of the molecule is COCCN(CCOC)c1ccccc1N=C=S. The van der Waals surface area contributed by atoms with Gasteiger partial charge in [-0.1, -0.05) is 12.1 Å². The van der Waals surface area contributed by atoms with Gasteiger partial charge in [0.1, 0.15) is 0 Å². The lowest BCUT2D eigenvalue weighted by Gasteiger charge is -2.25. The number of thiocarbonyl (C=S) groups is 1. The number of methoxy groups -OCH3 is 2. The highest BCUT2D eigenvalue weighted by Crippen LogP contribution is 2.27. The van der Waals surface area contributed by atoms with E-state index in [1.54, 1.807) is 14.2 Å². The van der Waals surface area contributed by atoms with Crippen molar-refractivity contribution in [2.24, 2.45) is 4.99 Å². The standard InChI is InChI=1S/C13H18N2O2S/c1-16-9-7-15(8-10-17-2)13-6-4-3-5-12(13)14-11-18/h3-6H,7-10H2,1-2H3. The zero-order valence-corrected chi connectivity index (χ0v) is 11.6. The summed E-state index contributed by atoms with van der Waals surface area (Å²) in [6.45, 7) is 2.87. The number of nitrogens with zero attached hydrogens (tertiary/aromatic N) is 2. The van der Waals surface area contributed by atoms with Crippen molar-refractivity contribution in [1.82, 2.24) is 0 Å². The molecule has 4 nitrogen and oxygen atoms in total. The Kier molecular flexibility index (Phi) is 7.22. The predicted octanol–water partition coefficient (Wildman–Crippen LogP) is 2.52. The lowest BCUT2D eigenvalue weighted by atomic mass is 10.2. The van der Waals surface area contributed by atoms with E-state index in [4.69, 9.17) is 9.47 Å². The Balaban J connectivity index is 2.91. The smallest absolute Gasteiger partial charge is 0.0972 e. The first-order valence-corrected chi connectivity index (χ1v) is 6.14. The van der Waals surface area contributed by atoms with Crippen LogP contribution in [0.5, 0.6) is 0 Å². The van der Waals surface area contributed by atoms with Crippen LogP contribution >= 0.6 is 12.2 Å². The molecule has 18 heavy (non-hydrogen) atoms. The van der Waals surface area contributed by atoms with Gasteiger partial charge in [-0.2, -0.15) is 4.99 Å². The topological polar surface area (TPSA) is 34.1 Å². The van der Waals surface area contributed by atoms with Crippen molar-refractivity contribution in [3.05, 3.63) is 24.3 Å². The molecule has 0 amide bonds. The minimum Gasteiger partial charge on any atom is -0.383 e. The van der Waals surface area contributed by atoms with E-state index in [1.807, 2.05) is 24.3 Å². The molecule has 5 heteroatoms. The molecule has 0 saturated heterocycles. The molecule has 0 fully saturated rings. The van der Waals surface area contributed by atoms with Crippen LogP contribution in [0.2, 0.25) is 0 Å². The van der Waals surface area contributed by atoms with Crippen LogP contribution in [0, 0.1) is 0 Å². The Hall–Kier alpha value is -1.26. The van der Waals surface area contributed by atoms with Gasteiger partial charge in [0, 0.05) is 27.3 Å². The zero-order chi connectivity index (χ0) is 13.2. The van der Waals surface area contributed by atoms with Gasteiger partial charge in [0.05, 0.1) is 29.7 Å². The Labute approximate surface area is 113 Å². The normalized spacial score (nSPS) is 9.89. The summed E-state index contributed by atoms with van der Waals surface area (Å²) in [6, 6.07) is 7.84. The van der Waals surface area contributed by atoms with Crippen LogP contribution in [-0.4, -0.2) is 45.7 Å². The second-order valence-electron chi connectivity index (χ2n) is 3.66. The van der Waals surface area contributed by atoms with Crippen molar-refractivity contribution >= 4 is 28.8 Å². The van der Waals surface area contributed by atoms with Gasteiger partial charge in [-0.3, -0.25) is 0 Å². The molecule has 98 valence electrons. The van der Waals surface area contributed by atoms with Crippen LogP contribution in [0.15, 0.2) is 29.3 Å². The first-order valence-electron chi connectivity index (χ1n) is 5.73. The molecule has 0 atom stereocenters. The van der Waals surface area contributed by atoms with Crippen LogP contribution in [-0.2, 0) is 9.47 Å². The average Bonchev–Trinajstić information content (AvgIpc) is 2.40. The van der Waals surface area contributed by atoms with Crippen LogP contribution in [0.4, 0.5) is 11.4 Å². The second-order valence-corrected chi connectivity index (χ2v) is 3.85. The molecule has 1 rings (SSSR count). The third kappa shape index (κ3) is 4.55. The third-order valence-electron chi connectivity index (χ3n) is 2.52. The highest BCUT2D eigenvalue weighted by Gasteiger charge is 2.10. The molecule has 0 unspecified atom stereocenters. The van der Waals surface area contributed by atoms with Gasteiger partial charge in [-0.05, 0) is 24.4 Å². The maximum atomic E-state index is 5.12. The zero-order valence-electron chi connectivity index (χ0n) is 10.8. The quantitative estimate of drug-likeness (QED) is 0.535. The van der Waals surface area contributed by atoms with Gasteiger partial charge in [-0.15, -0.1) is 0 Å². The molecule has 0 aliphatic carbocycles. The minimum atomic E-state index is 0.652. The first kappa shape index (κ1) is 14.8. The van der Waals surface area contributed by atoms with Gasteiger partial charge in [0.2, 0.25) is 0 Å². The molecule has 0 bridgehead atoms. The summed E-state index contributed by atoms with van der Waals surface area (Å²) < 4.78 is 10.2. The molecular weight excluding hydrogens is 248 g/mol. The highest BCUT2D eigenvalue weighted by molar-refractivity contribution is 7.78. The van der Waals surface area contributed by atoms with E-state index in [9.17, 15) is 0 Å². The molecule has 1 aromatic rings. The van der Waals surface area contributed by atoms with E-state index in [1.165, 1.54) is 0 Å². The van der Waals surface area contributed by atoms with E-state index in [-0.39, 0.29) is 0 Å². The molecule has 0 saturated carbocycles. The molecule has 0 N–H and O–H groups in total. The number of rotatable bonds is 8. The van der Waals surface area contributed by atoms with Crippen molar-refractivity contribution in [2.75, 3.05) is 45.4 Å². The van der Waals surface area contributed by atoms with Crippen molar-refractivity contribution in [2.45, 2.75) is 0 Å². The van der Waals surface area contributed by atoms with Crippen LogP contribution in [0.3, 0.4) is 0 Å². The Bertz CT molecular complexity index is 398. The predicted molar refractivity (Wildman–Crippen MR) is 77.1 cm³/mol. The second kappa shape index (κ2) is 8.78. The molecular formula is C13H18N2O2S. The van der Waals surface area contributed by atoms with Crippen molar-refractivity contribution in [3.63, 3.8) is 0 Å². The fourth-order valence-corrected chi connectivity index (χ4v) is 1.73. The van der Waals surface area contributed by atoms with E-state index < -0.39 is 0 Å². The Morgan fingerprint density at radius 1 is 1.17 bits per heavy atom. The molecule has 0 aliphatic heterocycles. The molecule has 0 aliphatic rings. The summed E-state index contributed by atoms with van der Waals surface area (Å²) in [7, 11) is 3.38. The number of ether oxygens (including phenoxy) is 2. The fourth-order valence-electron chi connectivity index (χ4n) is 1.63. The van der Waals surface area contributed by atoms with E-state index in [2.05, 4.69) is 27.3 Å². The van der Waals surface area contributed by atoms with Gasteiger partial charge in [-0.25, -0.2) is 0 Å². The van der Waals surface area contributed by atoms with Gasteiger partial charge >= 0.3 is 0 Å². The largest absolute Gasteiger partial charge is 0.383 e. The fraction of sp³-hybridized carbons (Fsp3) is 0.462. The number of para-hydroxylation sites is 2. The van der Waals surface area contributed by atoms with Crippen molar-refractivity contribution < 1.29 is 9.47 Å². The summed E-state index contributed by atoms with van der Waals surface area (Å²) in [5.74, 6) is 0. The Morgan fingerprint density at radius 2 is 1.78 bits per heavy atom. The number of hydrogen-bond donors (Lipinski definition) is 0. The van der Waals surface area contributed by atoms with Crippen LogP contribution in [0.1, 0.15) is 0 Å². The lowest BCUT2D eigenvalue weighted by Crippen LogP contribution is -2.30. The molecule has 0 radical (unpaired) electrons. The van der Waals surface area contributed by atoms with Crippen LogP contribution < -0.4 is 4.90 Å². The Morgan fingerprint density at radius 3 is 2.33 bits per heavy atom. The number of aliphatic imine (C=N–C) groups is 1. The molecule has 0 heterocycles. The van der Waals surface area contributed by atoms with E-state index in [0.717, 1.165) is 24.5 Å². The number of isothiocyanates is 1. The van der Waals surface area contributed by atoms with Crippen molar-refractivity contribution in [1.29, 1.82) is 0 Å². The molecule has 0 spiro atoms. The van der Waals surface area contributed by atoms with E-state index in [0.29, 0.717) is 13.2 Å². The summed E-state index contributed by atoms with van der Waals surface area (Å²) in [5, 5.41) is 2.41. The summed E-state index contributed by atoms with van der Waals surface area (Å²) >= 11 is 4.67. The first-order chi connectivity index (χ1) is 8.83. The van der Waals surface area contributed by atoms with Crippen molar-refractivity contribution in [3.8, 4) is 0 Å².